The molecular weight excluding hydrogens is 162 g/mol. The summed E-state index contributed by atoms with van der Waals surface area (Å²) in [5, 5.41) is 8.74. The fourth-order valence-corrected chi connectivity index (χ4v) is 1.31. The van der Waals surface area contributed by atoms with E-state index in [-0.39, 0.29) is 6.61 Å². The number of carbonyl (C=O) groups is 2. The molecule has 1 heterocycles. The molecule has 0 aromatic heterocycles. The van der Waals surface area contributed by atoms with Gasteiger partial charge in [-0.3, -0.25) is 4.90 Å². The summed E-state index contributed by atoms with van der Waals surface area (Å²) >= 11 is 0. The van der Waals surface area contributed by atoms with Crippen LogP contribution in [-0.4, -0.2) is 40.8 Å². The lowest BCUT2D eigenvalue weighted by Crippen LogP contribution is -2.47. The molecule has 1 atom stereocenters. The third-order valence-corrected chi connectivity index (χ3v) is 1.88. The number of ether oxygens (including phenoxy) is 1. The first kappa shape index (κ1) is 8.99. The average molecular weight is 173 g/mol. The molecule has 1 fully saturated rings. The molecule has 1 aliphatic rings. The fraction of sp³-hybridized carbons (Fsp3) is 0.714. The molecule has 68 valence electrons. The van der Waals surface area contributed by atoms with Gasteiger partial charge in [0.2, 0.25) is 0 Å². The van der Waals surface area contributed by atoms with Gasteiger partial charge in [0.15, 0.2) is 0 Å². The molecule has 0 aromatic rings. The summed E-state index contributed by atoms with van der Waals surface area (Å²) in [6.07, 6.45) is -0.544. The Morgan fingerprint density at radius 3 is 2.67 bits per heavy atom. The third-order valence-electron chi connectivity index (χ3n) is 1.88. The van der Waals surface area contributed by atoms with Gasteiger partial charge in [-0.05, 0) is 13.8 Å². The van der Waals surface area contributed by atoms with E-state index >= 15 is 0 Å². The molecule has 1 amide bonds. The van der Waals surface area contributed by atoms with Gasteiger partial charge in [-0.2, -0.15) is 0 Å². The number of hydrogen-bond acceptors (Lipinski definition) is 3. The standard InChI is InChI=1S/C7H11NO4/c1-7(2)8(6(10)11)5(3-9)4-12-7/h3,5H,4H2,1-2H3,(H,10,11). The SMILES string of the molecule is CC1(C)OCC(C=O)N1C(=O)O. The van der Waals surface area contributed by atoms with Crippen LogP contribution < -0.4 is 0 Å². The van der Waals surface area contributed by atoms with Crippen LogP contribution >= 0.6 is 0 Å². The van der Waals surface area contributed by atoms with Gasteiger partial charge < -0.3 is 14.6 Å². The summed E-state index contributed by atoms with van der Waals surface area (Å²) in [6.45, 7) is 3.37. The van der Waals surface area contributed by atoms with E-state index in [9.17, 15) is 9.59 Å². The van der Waals surface area contributed by atoms with Crippen LogP contribution in [0.25, 0.3) is 0 Å². The van der Waals surface area contributed by atoms with Crippen molar-refractivity contribution >= 4 is 12.4 Å². The van der Waals surface area contributed by atoms with Gasteiger partial charge in [0.05, 0.1) is 6.61 Å². The zero-order chi connectivity index (χ0) is 9.35. The Morgan fingerprint density at radius 1 is 1.75 bits per heavy atom. The highest BCUT2D eigenvalue weighted by Gasteiger charge is 2.43. The first-order chi connectivity index (χ1) is 5.49. The first-order valence-electron chi connectivity index (χ1n) is 3.60. The molecule has 0 spiro atoms. The number of hydrogen-bond donors (Lipinski definition) is 1. The highest BCUT2D eigenvalue weighted by molar-refractivity contribution is 5.73. The van der Waals surface area contributed by atoms with E-state index in [0.717, 1.165) is 4.90 Å². The summed E-state index contributed by atoms with van der Waals surface area (Å²) in [7, 11) is 0. The Hall–Kier alpha value is -1.10. The maximum Gasteiger partial charge on any atom is 0.410 e. The highest BCUT2D eigenvalue weighted by Crippen LogP contribution is 2.25. The molecule has 0 aliphatic carbocycles. The number of carbonyl (C=O) groups excluding carboxylic acids is 1. The normalized spacial score (nSPS) is 27.2. The average Bonchev–Trinajstić information content (AvgIpc) is 2.24. The van der Waals surface area contributed by atoms with Crippen molar-refractivity contribution in [2.24, 2.45) is 0 Å². The molecule has 0 bridgehead atoms. The van der Waals surface area contributed by atoms with Gasteiger partial charge in [0.1, 0.15) is 18.1 Å². The van der Waals surface area contributed by atoms with Crippen LogP contribution in [0.4, 0.5) is 4.79 Å². The second-order valence-electron chi connectivity index (χ2n) is 3.11. The van der Waals surface area contributed by atoms with E-state index in [4.69, 9.17) is 9.84 Å². The summed E-state index contributed by atoms with van der Waals surface area (Å²) in [5.41, 5.74) is -0.891. The molecule has 1 rings (SSSR count). The van der Waals surface area contributed by atoms with Crippen molar-refractivity contribution in [3.8, 4) is 0 Å². The molecule has 0 radical (unpaired) electrons. The number of amides is 1. The van der Waals surface area contributed by atoms with Crippen LogP contribution in [0.3, 0.4) is 0 Å². The van der Waals surface area contributed by atoms with Gasteiger partial charge >= 0.3 is 6.09 Å². The molecule has 1 aliphatic heterocycles. The van der Waals surface area contributed by atoms with Gasteiger partial charge in [-0.1, -0.05) is 0 Å². The van der Waals surface area contributed by atoms with Gasteiger partial charge in [0, 0.05) is 0 Å². The van der Waals surface area contributed by atoms with Crippen molar-refractivity contribution < 1.29 is 19.4 Å². The monoisotopic (exact) mass is 173 g/mol. The Labute approximate surface area is 69.9 Å². The number of carboxylic acid groups (broad SMARTS) is 1. The molecule has 1 N–H and O–H groups in total. The predicted octanol–water partition coefficient (Wildman–Crippen LogP) is 0.300. The maximum atomic E-state index is 10.7. The summed E-state index contributed by atoms with van der Waals surface area (Å²) in [6, 6.07) is -0.669. The quantitative estimate of drug-likeness (QED) is 0.579. The number of rotatable bonds is 1. The first-order valence-corrected chi connectivity index (χ1v) is 3.60. The van der Waals surface area contributed by atoms with E-state index < -0.39 is 17.9 Å². The van der Waals surface area contributed by atoms with Crippen molar-refractivity contribution in [2.75, 3.05) is 6.61 Å². The van der Waals surface area contributed by atoms with Crippen LogP contribution in [0.1, 0.15) is 13.8 Å². The van der Waals surface area contributed by atoms with E-state index in [1.165, 1.54) is 0 Å². The molecule has 12 heavy (non-hydrogen) atoms. The zero-order valence-corrected chi connectivity index (χ0v) is 6.98. The van der Waals surface area contributed by atoms with Crippen molar-refractivity contribution in [1.82, 2.24) is 4.90 Å². The van der Waals surface area contributed by atoms with Crippen LogP contribution in [0.15, 0.2) is 0 Å². The van der Waals surface area contributed by atoms with Crippen LogP contribution in [0, 0.1) is 0 Å². The molecule has 1 saturated heterocycles. The summed E-state index contributed by atoms with van der Waals surface area (Å²) < 4.78 is 5.13. The second kappa shape index (κ2) is 2.75. The topological polar surface area (TPSA) is 66.8 Å². The van der Waals surface area contributed by atoms with E-state index in [1.54, 1.807) is 13.8 Å². The lowest BCUT2D eigenvalue weighted by atomic mass is 10.2. The van der Waals surface area contributed by atoms with Crippen molar-refractivity contribution in [3.05, 3.63) is 0 Å². The van der Waals surface area contributed by atoms with E-state index in [2.05, 4.69) is 0 Å². The lowest BCUT2D eigenvalue weighted by Gasteiger charge is -2.28. The minimum absolute atomic E-state index is 0.142. The minimum Gasteiger partial charge on any atom is -0.465 e. The van der Waals surface area contributed by atoms with Crippen LogP contribution in [0.2, 0.25) is 0 Å². The van der Waals surface area contributed by atoms with Gasteiger partial charge in [-0.15, -0.1) is 0 Å². The molecule has 5 nitrogen and oxygen atoms in total. The molecule has 0 saturated carbocycles. The maximum absolute atomic E-state index is 10.7. The highest BCUT2D eigenvalue weighted by atomic mass is 16.5. The van der Waals surface area contributed by atoms with Crippen LogP contribution in [0.5, 0.6) is 0 Å². The van der Waals surface area contributed by atoms with Crippen LogP contribution in [-0.2, 0) is 9.53 Å². The van der Waals surface area contributed by atoms with Crippen molar-refractivity contribution in [3.63, 3.8) is 0 Å². The third kappa shape index (κ3) is 1.27. The Balaban J connectivity index is 2.87. The lowest BCUT2D eigenvalue weighted by molar-refractivity contribution is -0.112. The fourth-order valence-electron chi connectivity index (χ4n) is 1.31. The molecule has 0 aromatic carbocycles. The number of nitrogens with zero attached hydrogens (tertiary/aromatic N) is 1. The van der Waals surface area contributed by atoms with Crippen molar-refractivity contribution in [1.29, 1.82) is 0 Å². The Kier molecular flexibility index (Phi) is 2.06. The smallest absolute Gasteiger partial charge is 0.410 e. The largest absolute Gasteiger partial charge is 0.465 e. The molecular formula is C7H11NO4. The number of aldehydes is 1. The minimum atomic E-state index is -1.13. The van der Waals surface area contributed by atoms with Gasteiger partial charge in [-0.25, -0.2) is 4.79 Å². The predicted molar refractivity (Wildman–Crippen MR) is 39.7 cm³/mol. The van der Waals surface area contributed by atoms with E-state index in [1.807, 2.05) is 0 Å². The summed E-state index contributed by atoms with van der Waals surface area (Å²) in [4.78, 5) is 22.1. The van der Waals surface area contributed by atoms with E-state index in [0.29, 0.717) is 6.29 Å². The Bertz CT molecular complexity index is 213. The van der Waals surface area contributed by atoms with Gasteiger partial charge in [0.25, 0.3) is 0 Å². The zero-order valence-electron chi connectivity index (χ0n) is 6.98. The second-order valence-corrected chi connectivity index (χ2v) is 3.11. The van der Waals surface area contributed by atoms with Crippen molar-refractivity contribution in [2.45, 2.75) is 25.6 Å². The summed E-state index contributed by atoms with van der Waals surface area (Å²) in [5.74, 6) is 0. The molecule has 5 heteroatoms. The Morgan fingerprint density at radius 2 is 2.33 bits per heavy atom. The molecule has 1 unspecified atom stereocenters.